The first kappa shape index (κ1) is 24.3. The molecule has 0 bridgehead atoms. The van der Waals surface area contributed by atoms with E-state index in [9.17, 15) is 14.7 Å². The zero-order valence-corrected chi connectivity index (χ0v) is 20.7. The SMILES string of the molecule is Cc1cc(CCNc2ccc(C#N)cc2C(=O)O)c2nc(N3CCC(C)(C)CC3)n(C)c(=O)c2c1. The lowest BCUT2D eigenvalue weighted by Crippen LogP contribution is -2.40. The lowest BCUT2D eigenvalue weighted by atomic mass is 9.83. The van der Waals surface area contributed by atoms with Crippen LogP contribution in [-0.2, 0) is 13.5 Å². The van der Waals surface area contributed by atoms with Gasteiger partial charge >= 0.3 is 5.97 Å². The molecule has 2 heterocycles. The van der Waals surface area contributed by atoms with Crippen LogP contribution in [0.15, 0.2) is 35.1 Å². The first-order chi connectivity index (χ1) is 16.6. The molecule has 8 heteroatoms. The minimum Gasteiger partial charge on any atom is -0.478 e. The lowest BCUT2D eigenvalue weighted by molar-refractivity contribution is 0.0698. The van der Waals surface area contributed by atoms with Crippen molar-refractivity contribution < 1.29 is 9.90 Å². The quantitative estimate of drug-likeness (QED) is 0.555. The second-order valence-corrected chi connectivity index (χ2v) is 10.1. The van der Waals surface area contributed by atoms with Crippen LogP contribution in [0.4, 0.5) is 11.6 Å². The Hall–Kier alpha value is -3.86. The van der Waals surface area contributed by atoms with Crippen LogP contribution in [0.3, 0.4) is 0 Å². The number of nitriles is 1. The van der Waals surface area contributed by atoms with Crippen molar-refractivity contribution >= 4 is 28.5 Å². The van der Waals surface area contributed by atoms with E-state index in [0.29, 0.717) is 46.5 Å². The predicted octanol–water partition coefficient (Wildman–Crippen LogP) is 4.09. The number of aryl methyl sites for hydroxylation is 1. The Morgan fingerprint density at radius 3 is 2.60 bits per heavy atom. The van der Waals surface area contributed by atoms with Crippen LogP contribution in [0.5, 0.6) is 0 Å². The van der Waals surface area contributed by atoms with E-state index in [-0.39, 0.29) is 11.1 Å². The smallest absolute Gasteiger partial charge is 0.337 e. The van der Waals surface area contributed by atoms with Gasteiger partial charge in [0.1, 0.15) is 0 Å². The summed E-state index contributed by atoms with van der Waals surface area (Å²) in [5, 5.41) is 22.4. The van der Waals surface area contributed by atoms with Crippen molar-refractivity contribution in [3.05, 3.63) is 62.9 Å². The summed E-state index contributed by atoms with van der Waals surface area (Å²) in [6.45, 7) is 8.67. The molecule has 1 fully saturated rings. The fourth-order valence-corrected chi connectivity index (χ4v) is 4.66. The summed E-state index contributed by atoms with van der Waals surface area (Å²) in [6.07, 6.45) is 2.65. The predicted molar refractivity (Wildman–Crippen MR) is 137 cm³/mol. The van der Waals surface area contributed by atoms with E-state index in [1.54, 1.807) is 23.7 Å². The fraction of sp³-hybridized carbons (Fsp3) is 0.407. The average molecular weight is 474 g/mol. The number of aromatic nitrogens is 2. The Bertz CT molecular complexity index is 1390. The first-order valence-electron chi connectivity index (χ1n) is 11.9. The van der Waals surface area contributed by atoms with E-state index in [1.807, 2.05) is 25.1 Å². The maximum atomic E-state index is 13.3. The number of anilines is 2. The van der Waals surface area contributed by atoms with Gasteiger partial charge in [-0.15, -0.1) is 0 Å². The number of nitrogens with one attached hydrogen (secondary N) is 1. The molecule has 0 aliphatic carbocycles. The fourth-order valence-electron chi connectivity index (χ4n) is 4.66. The van der Waals surface area contributed by atoms with E-state index >= 15 is 0 Å². The Morgan fingerprint density at radius 2 is 1.94 bits per heavy atom. The normalized spacial score (nSPS) is 15.1. The average Bonchev–Trinajstić information content (AvgIpc) is 2.82. The highest BCUT2D eigenvalue weighted by Crippen LogP contribution is 2.32. The molecule has 0 atom stereocenters. The Morgan fingerprint density at radius 1 is 1.23 bits per heavy atom. The number of carbonyl (C=O) groups is 1. The van der Waals surface area contributed by atoms with Gasteiger partial charge in [0.2, 0.25) is 5.95 Å². The molecular formula is C27H31N5O3. The number of rotatable bonds is 6. The monoisotopic (exact) mass is 473 g/mol. The number of hydrogen-bond acceptors (Lipinski definition) is 6. The minimum atomic E-state index is -1.09. The first-order valence-corrected chi connectivity index (χ1v) is 11.9. The molecule has 1 aliphatic rings. The van der Waals surface area contributed by atoms with Crippen molar-refractivity contribution in [2.75, 3.05) is 29.9 Å². The summed E-state index contributed by atoms with van der Waals surface area (Å²) in [5.74, 6) is -0.401. The molecule has 2 aromatic carbocycles. The van der Waals surface area contributed by atoms with Gasteiger partial charge in [0.05, 0.1) is 28.1 Å². The van der Waals surface area contributed by atoms with Gasteiger partial charge in [0.15, 0.2) is 0 Å². The molecule has 4 rings (SSSR count). The van der Waals surface area contributed by atoms with Gasteiger partial charge in [-0.25, -0.2) is 9.78 Å². The van der Waals surface area contributed by atoms with Crippen LogP contribution < -0.4 is 15.8 Å². The maximum absolute atomic E-state index is 13.3. The van der Waals surface area contributed by atoms with Crippen LogP contribution in [0.25, 0.3) is 10.9 Å². The molecule has 0 radical (unpaired) electrons. The molecular weight excluding hydrogens is 442 g/mol. The molecule has 1 aliphatic heterocycles. The molecule has 0 spiro atoms. The van der Waals surface area contributed by atoms with Crippen molar-refractivity contribution in [3.8, 4) is 6.07 Å². The highest BCUT2D eigenvalue weighted by Gasteiger charge is 2.27. The Kier molecular flexibility index (Phi) is 6.53. The number of carboxylic acid groups (broad SMARTS) is 1. The molecule has 2 N–H and O–H groups in total. The zero-order valence-electron chi connectivity index (χ0n) is 20.7. The summed E-state index contributed by atoms with van der Waals surface area (Å²) in [7, 11) is 1.78. The molecule has 1 saturated heterocycles. The van der Waals surface area contributed by atoms with Crippen LogP contribution in [0, 0.1) is 23.7 Å². The lowest BCUT2D eigenvalue weighted by Gasteiger charge is -2.38. The number of piperidine rings is 1. The molecule has 3 aromatic rings. The molecule has 1 aromatic heterocycles. The van der Waals surface area contributed by atoms with Gasteiger partial charge in [-0.1, -0.05) is 19.9 Å². The van der Waals surface area contributed by atoms with Crippen LogP contribution in [0.2, 0.25) is 0 Å². The van der Waals surface area contributed by atoms with Crippen molar-refractivity contribution in [2.45, 2.75) is 40.0 Å². The van der Waals surface area contributed by atoms with E-state index in [1.165, 1.54) is 6.07 Å². The molecule has 182 valence electrons. The van der Waals surface area contributed by atoms with Crippen LogP contribution in [0.1, 0.15) is 53.7 Å². The van der Waals surface area contributed by atoms with E-state index < -0.39 is 5.97 Å². The molecule has 0 saturated carbocycles. The summed E-state index contributed by atoms with van der Waals surface area (Å²) in [6, 6.07) is 10.5. The number of benzene rings is 2. The summed E-state index contributed by atoms with van der Waals surface area (Å²) < 4.78 is 1.65. The number of carboxylic acids is 1. The summed E-state index contributed by atoms with van der Waals surface area (Å²) in [5.41, 5.74) is 3.64. The van der Waals surface area contributed by atoms with E-state index in [2.05, 4.69) is 24.1 Å². The van der Waals surface area contributed by atoms with Gasteiger partial charge in [-0.3, -0.25) is 9.36 Å². The van der Waals surface area contributed by atoms with E-state index in [4.69, 9.17) is 10.2 Å². The number of aromatic carboxylic acids is 1. The van der Waals surface area contributed by atoms with Gasteiger partial charge in [-0.05, 0) is 67.0 Å². The Balaban J connectivity index is 1.64. The standard InChI is InChI=1S/C27H31N5O3/c1-17-13-19(7-10-29-22-6-5-18(16-28)15-20(22)25(34)35)23-21(14-17)24(33)31(4)26(30-23)32-11-8-27(2,3)9-12-32/h5-6,13-15,29H,7-12H2,1-4H3,(H,34,35). The van der Waals surface area contributed by atoms with Gasteiger partial charge < -0.3 is 15.3 Å². The van der Waals surface area contributed by atoms with Gasteiger partial charge in [0, 0.05) is 32.4 Å². The van der Waals surface area contributed by atoms with Crippen molar-refractivity contribution in [3.63, 3.8) is 0 Å². The van der Waals surface area contributed by atoms with Crippen LogP contribution >= 0.6 is 0 Å². The third kappa shape index (κ3) is 4.99. The van der Waals surface area contributed by atoms with Gasteiger partial charge in [-0.2, -0.15) is 5.26 Å². The topological polar surface area (TPSA) is 111 Å². The molecule has 35 heavy (non-hydrogen) atoms. The number of hydrogen-bond donors (Lipinski definition) is 2. The molecule has 8 nitrogen and oxygen atoms in total. The van der Waals surface area contributed by atoms with Crippen molar-refractivity contribution in [1.29, 1.82) is 5.26 Å². The third-order valence-corrected chi connectivity index (χ3v) is 6.87. The second-order valence-electron chi connectivity index (χ2n) is 10.1. The molecule has 0 unspecified atom stereocenters. The number of nitrogens with zero attached hydrogens (tertiary/aromatic N) is 4. The maximum Gasteiger partial charge on any atom is 0.337 e. The summed E-state index contributed by atoms with van der Waals surface area (Å²) >= 11 is 0. The second kappa shape index (κ2) is 9.41. The molecule has 0 amide bonds. The summed E-state index contributed by atoms with van der Waals surface area (Å²) in [4.78, 5) is 32.1. The van der Waals surface area contributed by atoms with Crippen molar-refractivity contribution in [1.82, 2.24) is 9.55 Å². The zero-order chi connectivity index (χ0) is 25.3. The highest BCUT2D eigenvalue weighted by molar-refractivity contribution is 5.94. The van der Waals surface area contributed by atoms with Gasteiger partial charge in [0.25, 0.3) is 5.56 Å². The highest BCUT2D eigenvalue weighted by atomic mass is 16.4. The van der Waals surface area contributed by atoms with E-state index in [0.717, 1.165) is 37.1 Å². The number of fused-ring (bicyclic) bond motifs is 1. The van der Waals surface area contributed by atoms with Crippen LogP contribution in [-0.4, -0.2) is 40.3 Å². The third-order valence-electron chi connectivity index (χ3n) is 6.87. The Labute approximate surface area is 204 Å². The minimum absolute atomic E-state index is 0.0560. The van der Waals surface area contributed by atoms with Crippen molar-refractivity contribution in [2.24, 2.45) is 12.5 Å². The largest absolute Gasteiger partial charge is 0.478 e.